The topological polar surface area (TPSA) is 63.4 Å². The minimum atomic E-state index is -0.512. The first-order valence-electron chi connectivity index (χ1n) is 10.9. The average Bonchev–Trinajstić information content (AvgIpc) is 3.54. The second-order valence-electron chi connectivity index (χ2n) is 8.07. The summed E-state index contributed by atoms with van der Waals surface area (Å²) in [4.78, 5) is 29.6. The molecular formula is C25H20ClF2N5O2. The number of piperazine rings is 1. The molecule has 178 valence electrons. The molecule has 0 radical (unpaired) electrons. The minimum Gasteiger partial charge on any atom is -0.335 e. The normalized spacial score (nSPS) is 13.8. The van der Waals surface area contributed by atoms with Crippen LogP contribution < -0.4 is 0 Å². The maximum atomic E-state index is 13.5. The van der Waals surface area contributed by atoms with Gasteiger partial charge in [0.25, 0.3) is 11.8 Å². The van der Waals surface area contributed by atoms with Crippen molar-refractivity contribution in [3.63, 3.8) is 0 Å². The molecule has 1 aliphatic heterocycles. The van der Waals surface area contributed by atoms with Gasteiger partial charge >= 0.3 is 0 Å². The van der Waals surface area contributed by atoms with Crippen LogP contribution in [0.3, 0.4) is 0 Å². The molecule has 1 saturated heterocycles. The van der Waals surface area contributed by atoms with Crippen molar-refractivity contribution in [3.8, 4) is 11.5 Å². The van der Waals surface area contributed by atoms with E-state index in [1.54, 1.807) is 43.6 Å². The van der Waals surface area contributed by atoms with Crippen molar-refractivity contribution in [2.24, 2.45) is 0 Å². The molecule has 2 aromatic carbocycles. The number of aromatic nitrogens is 3. The van der Waals surface area contributed by atoms with E-state index < -0.39 is 5.82 Å². The Labute approximate surface area is 204 Å². The molecule has 1 fully saturated rings. The van der Waals surface area contributed by atoms with Gasteiger partial charge in [-0.3, -0.25) is 9.59 Å². The van der Waals surface area contributed by atoms with Crippen LogP contribution in [0.5, 0.6) is 0 Å². The monoisotopic (exact) mass is 495 g/mol. The molecule has 0 aliphatic carbocycles. The molecule has 0 bridgehead atoms. The van der Waals surface area contributed by atoms with Gasteiger partial charge in [0.1, 0.15) is 17.2 Å². The third-order valence-electron chi connectivity index (χ3n) is 5.91. The van der Waals surface area contributed by atoms with Crippen molar-refractivity contribution in [2.75, 3.05) is 26.2 Å². The van der Waals surface area contributed by atoms with Gasteiger partial charge in [-0.25, -0.2) is 13.5 Å². The van der Waals surface area contributed by atoms with Gasteiger partial charge in [-0.2, -0.15) is 5.10 Å². The van der Waals surface area contributed by atoms with Gasteiger partial charge in [0.2, 0.25) is 0 Å². The number of carbonyl (C=O) groups is 2. The standard InChI is InChI=1S/C25H20ClF2N5O2/c26-22-15-18(28)5-8-20(22)24(34)31-11-13-32(14-12-31)25(35)21-16-29-33(19-6-3-17(27)4-7-19)23(21)30-9-1-2-10-30/h1-10,15-16H,11-14H2. The van der Waals surface area contributed by atoms with E-state index in [0.29, 0.717) is 43.2 Å². The van der Waals surface area contributed by atoms with Crippen LogP contribution in [-0.2, 0) is 0 Å². The van der Waals surface area contributed by atoms with E-state index in [1.807, 2.05) is 12.1 Å². The Morgan fingerprint density at radius 3 is 1.97 bits per heavy atom. The summed E-state index contributed by atoms with van der Waals surface area (Å²) >= 11 is 6.05. The molecule has 2 aromatic heterocycles. The van der Waals surface area contributed by atoms with Gasteiger partial charge < -0.3 is 14.4 Å². The predicted octanol–water partition coefficient (Wildman–Crippen LogP) is 4.19. The molecule has 7 nitrogen and oxygen atoms in total. The maximum absolute atomic E-state index is 13.5. The fourth-order valence-corrected chi connectivity index (χ4v) is 4.35. The first kappa shape index (κ1) is 22.8. The number of amides is 2. The van der Waals surface area contributed by atoms with Crippen LogP contribution in [0.2, 0.25) is 5.02 Å². The zero-order valence-corrected chi connectivity index (χ0v) is 19.2. The summed E-state index contributed by atoms with van der Waals surface area (Å²) in [6, 6.07) is 13.2. The fourth-order valence-electron chi connectivity index (χ4n) is 4.10. The zero-order chi connectivity index (χ0) is 24.5. The lowest BCUT2D eigenvalue weighted by molar-refractivity contribution is 0.0535. The van der Waals surface area contributed by atoms with Crippen molar-refractivity contribution in [1.82, 2.24) is 24.1 Å². The maximum Gasteiger partial charge on any atom is 0.259 e. The Bertz CT molecular complexity index is 1380. The largest absolute Gasteiger partial charge is 0.335 e. The van der Waals surface area contributed by atoms with Crippen molar-refractivity contribution in [2.45, 2.75) is 0 Å². The molecule has 3 heterocycles. The van der Waals surface area contributed by atoms with E-state index >= 15 is 0 Å². The highest BCUT2D eigenvalue weighted by Crippen LogP contribution is 2.23. The first-order chi connectivity index (χ1) is 16.9. The molecule has 1 aliphatic rings. The van der Waals surface area contributed by atoms with Gasteiger partial charge in [0.05, 0.1) is 22.5 Å². The Balaban J connectivity index is 1.37. The summed E-state index contributed by atoms with van der Waals surface area (Å²) in [5.74, 6) is -0.882. The van der Waals surface area contributed by atoms with Crippen LogP contribution >= 0.6 is 11.6 Å². The van der Waals surface area contributed by atoms with Crippen LogP contribution in [0, 0.1) is 11.6 Å². The van der Waals surface area contributed by atoms with Gasteiger partial charge in [0, 0.05) is 38.6 Å². The van der Waals surface area contributed by atoms with E-state index in [-0.39, 0.29) is 28.2 Å². The second kappa shape index (κ2) is 9.34. The van der Waals surface area contributed by atoms with E-state index in [4.69, 9.17) is 11.6 Å². The smallest absolute Gasteiger partial charge is 0.259 e. The summed E-state index contributed by atoms with van der Waals surface area (Å²) in [6.45, 7) is 1.25. The molecule has 10 heteroatoms. The lowest BCUT2D eigenvalue weighted by Crippen LogP contribution is -2.50. The highest BCUT2D eigenvalue weighted by Gasteiger charge is 2.29. The molecule has 5 rings (SSSR count). The molecule has 0 unspecified atom stereocenters. The number of halogens is 3. The summed E-state index contributed by atoms with van der Waals surface area (Å²) in [7, 11) is 0. The molecular weight excluding hydrogens is 476 g/mol. The summed E-state index contributed by atoms with van der Waals surface area (Å²) in [5, 5.41) is 4.46. The Morgan fingerprint density at radius 2 is 1.37 bits per heavy atom. The minimum absolute atomic E-state index is 0.0538. The van der Waals surface area contributed by atoms with Crippen LogP contribution in [0.1, 0.15) is 20.7 Å². The van der Waals surface area contributed by atoms with Gasteiger partial charge in [-0.05, 0) is 54.6 Å². The highest BCUT2D eigenvalue weighted by molar-refractivity contribution is 6.33. The van der Waals surface area contributed by atoms with E-state index in [2.05, 4.69) is 5.10 Å². The SMILES string of the molecule is O=C(c1ccc(F)cc1Cl)N1CCN(C(=O)c2cnn(-c3ccc(F)cc3)c2-n2cccc2)CC1. The molecule has 0 saturated carbocycles. The van der Waals surface area contributed by atoms with Crippen LogP contribution in [0.25, 0.3) is 11.5 Å². The number of hydrogen-bond acceptors (Lipinski definition) is 3. The van der Waals surface area contributed by atoms with Gasteiger partial charge in [0.15, 0.2) is 5.82 Å². The fraction of sp³-hybridized carbons (Fsp3) is 0.160. The average molecular weight is 496 g/mol. The molecule has 35 heavy (non-hydrogen) atoms. The highest BCUT2D eigenvalue weighted by atomic mass is 35.5. The van der Waals surface area contributed by atoms with Gasteiger partial charge in [-0.15, -0.1) is 0 Å². The molecule has 4 aromatic rings. The Morgan fingerprint density at radius 1 is 0.800 bits per heavy atom. The Hall–Kier alpha value is -3.98. The van der Waals surface area contributed by atoms with Crippen molar-refractivity contribution in [3.05, 3.63) is 101 Å². The summed E-state index contributed by atoms with van der Waals surface area (Å²) < 4.78 is 30.1. The Kier molecular flexibility index (Phi) is 6.08. The first-order valence-corrected chi connectivity index (χ1v) is 11.3. The third kappa shape index (κ3) is 4.42. The number of rotatable bonds is 4. The van der Waals surface area contributed by atoms with E-state index in [9.17, 15) is 18.4 Å². The van der Waals surface area contributed by atoms with Crippen molar-refractivity contribution >= 4 is 23.4 Å². The van der Waals surface area contributed by atoms with Crippen LogP contribution in [0.4, 0.5) is 8.78 Å². The number of benzene rings is 2. The molecule has 0 spiro atoms. The number of nitrogens with zero attached hydrogens (tertiary/aromatic N) is 5. The summed E-state index contributed by atoms with van der Waals surface area (Å²) in [6.07, 6.45) is 5.10. The molecule has 0 N–H and O–H groups in total. The number of carbonyl (C=O) groups excluding carboxylic acids is 2. The quantitative estimate of drug-likeness (QED) is 0.426. The van der Waals surface area contributed by atoms with Crippen LogP contribution in [-0.4, -0.2) is 62.1 Å². The van der Waals surface area contributed by atoms with E-state index in [1.165, 1.54) is 30.5 Å². The lowest BCUT2D eigenvalue weighted by atomic mass is 10.1. The van der Waals surface area contributed by atoms with Crippen molar-refractivity contribution < 1.29 is 18.4 Å². The lowest BCUT2D eigenvalue weighted by Gasteiger charge is -2.35. The zero-order valence-electron chi connectivity index (χ0n) is 18.4. The molecule has 0 atom stereocenters. The van der Waals surface area contributed by atoms with E-state index in [0.717, 1.165) is 6.07 Å². The molecule has 2 amide bonds. The second-order valence-corrected chi connectivity index (χ2v) is 8.48. The predicted molar refractivity (Wildman–Crippen MR) is 126 cm³/mol. The third-order valence-corrected chi connectivity index (χ3v) is 6.22. The van der Waals surface area contributed by atoms with Crippen LogP contribution in [0.15, 0.2) is 73.2 Å². The summed E-state index contributed by atoms with van der Waals surface area (Å²) in [5.41, 5.74) is 1.22. The van der Waals surface area contributed by atoms with Gasteiger partial charge in [-0.1, -0.05) is 11.6 Å². The number of hydrogen-bond donors (Lipinski definition) is 0. The van der Waals surface area contributed by atoms with Crippen molar-refractivity contribution in [1.29, 1.82) is 0 Å².